The molecule has 1 aliphatic heterocycles. The molecule has 7 heteroatoms. The lowest BCUT2D eigenvalue weighted by molar-refractivity contribution is -0.141. The Kier molecular flexibility index (Phi) is 4.47. The zero-order chi connectivity index (χ0) is 14.0. The zero-order valence-electron chi connectivity index (χ0n) is 11.1. The van der Waals surface area contributed by atoms with Crippen LogP contribution in [0.25, 0.3) is 0 Å². The van der Waals surface area contributed by atoms with Crippen LogP contribution >= 0.6 is 0 Å². The molecule has 0 aromatic carbocycles. The zero-order valence-corrected chi connectivity index (χ0v) is 11.9. The minimum Gasteiger partial charge on any atom is -0.481 e. The summed E-state index contributed by atoms with van der Waals surface area (Å²) in [5.74, 6) is -1.73. The number of carbonyl (C=O) groups is 1. The quantitative estimate of drug-likeness (QED) is 0.823. The first-order chi connectivity index (χ1) is 8.96. The predicted molar refractivity (Wildman–Crippen MR) is 69.3 cm³/mol. The Bertz CT molecular complexity index is 427. The number of carboxylic acid groups (broad SMARTS) is 1. The normalized spacial score (nSPS) is 30.6. The summed E-state index contributed by atoms with van der Waals surface area (Å²) < 4.78 is 31.7. The largest absolute Gasteiger partial charge is 0.481 e. The maximum Gasteiger partial charge on any atom is 0.307 e. The minimum atomic E-state index is -3.49. The molecule has 110 valence electrons. The van der Waals surface area contributed by atoms with E-state index in [2.05, 4.69) is 0 Å². The van der Waals surface area contributed by atoms with Gasteiger partial charge in [0.2, 0.25) is 10.0 Å². The van der Waals surface area contributed by atoms with Crippen molar-refractivity contribution in [3.63, 3.8) is 0 Å². The number of ether oxygens (including phenoxy) is 1. The van der Waals surface area contributed by atoms with Gasteiger partial charge < -0.3 is 9.84 Å². The van der Waals surface area contributed by atoms with Gasteiger partial charge in [-0.3, -0.25) is 4.79 Å². The topological polar surface area (TPSA) is 83.9 Å². The molecule has 1 heterocycles. The van der Waals surface area contributed by atoms with Gasteiger partial charge >= 0.3 is 5.97 Å². The Morgan fingerprint density at radius 3 is 2.37 bits per heavy atom. The maximum absolute atomic E-state index is 12.5. The molecule has 6 nitrogen and oxygen atoms in total. The summed E-state index contributed by atoms with van der Waals surface area (Å²) in [6.07, 6.45) is 3.08. The molecule has 2 rings (SSSR count). The van der Waals surface area contributed by atoms with Crippen LogP contribution in [0, 0.1) is 5.92 Å². The fourth-order valence-electron chi connectivity index (χ4n) is 3.08. The van der Waals surface area contributed by atoms with E-state index in [0.717, 1.165) is 0 Å². The van der Waals surface area contributed by atoms with E-state index in [1.54, 1.807) is 7.11 Å². The van der Waals surface area contributed by atoms with Crippen molar-refractivity contribution < 1.29 is 23.1 Å². The van der Waals surface area contributed by atoms with Crippen molar-refractivity contribution in [2.45, 2.75) is 43.5 Å². The van der Waals surface area contributed by atoms with Crippen LogP contribution in [0.5, 0.6) is 0 Å². The van der Waals surface area contributed by atoms with Gasteiger partial charge in [0.15, 0.2) is 0 Å². The van der Waals surface area contributed by atoms with E-state index in [1.807, 2.05) is 0 Å². The molecular formula is C12H21NO5S. The molecule has 1 N–H and O–H groups in total. The van der Waals surface area contributed by atoms with Crippen molar-refractivity contribution in [2.24, 2.45) is 5.92 Å². The molecule has 2 atom stereocenters. The number of rotatable bonds is 4. The molecule has 1 saturated carbocycles. The van der Waals surface area contributed by atoms with Gasteiger partial charge in [-0.05, 0) is 25.7 Å². The van der Waals surface area contributed by atoms with Gasteiger partial charge in [0.05, 0.1) is 17.3 Å². The van der Waals surface area contributed by atoms with E-state index >= 15 is 0 Å². The van der Waals surface area contributed by atoms with Crippen molar-refractivity contribution in [3.05, 3.63) is 0 Å². The van der Waals surface area contributed by atoms with Gasteiger partial charge in [0.1, 0.15) is 0 Å². The minimum absolute atomic E-state index is 0.116. The van der Waals surface area contributed by atoms with Crippen LogP contribution in [0.15, 0.2) is 0 Å². The third kappa shape index (κ3) is 2.93. The smallest absolute Gasteiger partial charge is 0.307 e. The number of piperidine rings is 1. The summed E-state index contributed by atoms with van der Waals surface area (Å²) in [5.41, 5.74) is 0. The highest BCUT2D eigenvalue weighted by Gasteiger charge is 2.44. The Hall–Kier alpha value is -0.660. The molecule has 2 fully saturated rings. The van der Waals surface area contributed by atoms with E-state index in [1.165, 1.54) is 4.31 Å². The highest BCUT2D eigenvalue weighted by molar-refractivity contribution is 7.89. The van der Waals surface area contributed by atoms with Crippen LogP contribution in [0.4, 0.5) is 0 Å². The number of hydrogen-bond acceptors (Lipinski definition) is 4. The summed E-state index contributed by atoms with van der Waals surface area (Å²) in [7, 11) is -1.86. The number of sulfonamides is 1. The maximum atomic E-state index is 12.5. The molecule has 2 unspecified atom stereocenters. The van der Waals surface area contributed by atoms with E-state index in [0.29, 0.717) is 45.2 Å². The van der Waals surface area contributed by atoms with Gasteiger partial charge in [0, 0.05) is 20.2 Å². The van der Waals surface area contributed by atoms with Crippen LogP contribution < -0.4 is 0 Å². The van der Waals surface area contributed by atoms with Crippen molar-refractivity contribution >= 4 is 16.0 Å². The monoisotopic (exact) mass is 291 g/mol. The van der Waals surface area contributed by atoms with Crippen molar-refractivity contribution in [1.29, 1.82) is 0 Å². The van der Waals surface area contributed by atoms with Crippen molar-refractivity contribution in [1.82, 2.24) is 4.31 Å². The first-order valence-corrected chi connectivity index (χ1v) is 8.21. The standard InChI is InChI=1S/C12H21NO5S/c1-18-9-5-7-13(8-6-9)19(16,17)11-4-2-3-10(11)12(14)15/h9-11H,2-8H2,1H3,(H,14,15). The van der Waals surface area contributed by atoms with Crippen molar-refractivity contribution in [2.75, 3.05) is 20.2 Å². The Morgan fingerprint density at radius 1 is 1.21 bits per heavy atom. The van der Waals surface area contributed by atoms with Crippen LogP contribution in [-0.2, 0) is 19.6 Å². The average molecular weight is 291 g/mol. The molecular weight excluding hydrogens is 270 g/mol. The molecule has 1 aliphatic carbocycles. The van der Waals surface area contributed by atoms with E-state index < -0.39 is 27.2 Å². The number of carboxylic acids is 1. The van der Waals surface area contributed by atoms with Gasteiger partial charge in [-0.2, -0.15) is 0 Å². The summed E-state index contributed by atoms with van der Waals surface area (Å²) >= 11 is 0. The van der Waals surface area contributed by atoms with Crippen LogP contribution in [0.1, 0.15) is 32.1 Å². The third-order valence-electron chi connectivity index (χ3n) is 4.25. The summed E-state index contributed by atoms with van der Waals surface area (Å²) in [5, 5.41) is 8.38. The Morgan fingerprint density at radius 2 is 1.84 bits per heavy atom. The predicted octanol–water partition coefficient (Wildman–Crippen LogP) is 0.680. The van der Waals surface area contributed by atoms with Gasteiger partial charge in [-0.15, -0.1) is 0 Å². The highest BCUT2D eigenvalue weighted by Crippen LogP contribution is 2.34. The fourth-order valence-corrected chi connectivity index (χ4v) is 5.31. The van der Waals surface area contributed by atoms with Gasteiger partial charge in [0.25, 0.3) is 0 Å². The molecule has 0 aromatic rings. The van der Waals surface area contributed by atoms with Gasteiger partial charge in [-0.1, -0.05) is 6.42 Å². The van der Waals surface area contributed by atoms with E-state index in [9.17, 15) is 13.2 Å². The number of hydrogen-bond donors (Lipinski definition) is 1. The molecule has 0 radical (unpaired) electrons. The van der Waals surface area contributed by atoms with Crippen LogP contribution in [-0.4, -0.2) is 55.4 Å². The molecule has 2 aliphatic rings. The number of methoxy groups -OCH3 is 1. The van der Waals surface area contributed by atoms with Crippen LogP contribution in [0.2, 0.25) is 0 Å². The average Bonchev–Trinajstić information content (AvgIpc) is 2.89. The molecule has 1 saturated heterocycles. The first kappa shape index (κ1) is 14.7. The number of aliphatic carboxylic acids is 1. The Labute approximate surface area is 113 Å². The van der Waals surface area contributed by atoms with Crippen LogP contribution in [0.3, 0.4) is 0 Å². The summed E-state index contributed by atoms with van der Waals surface area (Å²) in [6, 6.07) is 0. The molecule has 0 bridgehead atoms. The lowest BCUT2D eigenvalue weighted by atomic mass is 10.1. The highest BCUT2D eigenvalue weighted by atomic mass is 32.2. The SMILES string of the molecule is COC1CCN(S(=O)(=O)C2CCCC2C(=O)O)CC1. The second-order valence-electron chi connectivity index (χ2n) is 5.29. The van der Waals surface area contributed by atoms with Crippen molar-refractivity contribution in [3.8, 4) is 0 Å². The molecule has 0 spiro atoms. The molecule has 0 aromatic heterocycles. The van der Waals surface area contributed by atoms with E-state index in [-0.39, 0.29) is 6.10 Å². The summed E-state index contributed by atoms with van der Waals surface area (Å²) in [4.78, 5) is 11.1. The second kappa shape index (κ2) is 5.76. The molecule has 19 heavy (non-hydrogen) atoms. The lowest BCUT2D eigenvalue weighted by Crippen LogP contribution is -2.46. The number of nitrogens with zero attached hydrogens (tertiary/aromatic N) is 1. The van der Waals surface area contributed by atoms with E-state index in [4.69, 9.17) is 9.84 Å². The summed E-state index contributed by atoms with van der Waals surface area (Å²) in [6.45, 7) is 0.868. The Balaban J connectivity index is 2.08. The molecule has 0 amide bonds. The lowest BCUT2D eigenvalue weighted by Gasteiger charge is -2.33. The third-order valence-corrected chi connectivity index (χ3v) is 6.66. The van der Waals surface area contributed by atoms with Gasteiger partial charge in [-0.25, -0.2) is 12.7 Å². The first-order valence-electron chi connectivity index (χ1n) is 6.71. The fraction of sp³-hybridized carbons (Fsp3) is 0.917. The second-order valence-corrected chi connectivity index (χ2v) is 7.44.